The van der Waals surface area contributed by atoms with Gasteiger partial charge in [0.1, 0.15) is 34.9 Å². The van der Waals surface area contributed by atoms with Crippen LogP contribution < -0.4 is 10.5 Å². The normalized spacial score (nSPS) is 18.5. The van der Waals surface area contributed by atoms with E-state index in [9.17, 15) is 4.79 Å². The lowest BCUT2D eigenvalue weighted by molar-refractivity contribution is 0.0284. The van der Waals surface area contributed by atoms with Gasteiger partial charge >= 0.3 is 6.09 Å². The Kier molecular flexibility index (Phi) is 7.72. The highest BCUT2D eigenvalue weighted by Gasteiger charge is 2.32. The highest BCUT2D eigenvalue weighted by atomic mass is 16.6. The molecule has 2 N–H and O–H groups in total. The van der Waals surface area contributed by atoms with Gasteiger partial charge in [0, 0.05) is 38.3 Å². The highest BCUT2D eigenvalue weighted by Crippen LogP contribution is 2.35. The van der Waals surface area contributed by atoms with Crippen LogP contribution in [0.15, 0.2) is 60.9 Å². The summed E-state index contributed by atoms with van der Waals surface area (Å²) < 4.78 is 13.6. The maximum atomic E-state index is 12.5. The average molecular weight is 570 g/mol. The number of carbonyl (C=O) groups is 1. The molecule has 6 rings (SSSR count). The number of fused-ring (bicyclic) bond motifs is 1. The molecule has 2 aromatic carbocycles. The van der Waals surface area contributed by atoms with E-state index in [1.54, 1.807) is 0 Å². The van der Waals surface area contributed by atoms with Gasteiger partial charge in [0.05, 0.1) is 11.4 Å². The van der Waals surface area contributed by atoms with Crippen molar-refractivity contribution in [2.45, 2.75) is 51.7 Å². The number of hydrogen-bond donors (Lipinski definition) is 1. The first kappa shape index (κ1) is 28.0. The van der Waals surface area contributed by atoms with E-state index in [4.69, 9.17) is 20.3 Å². The van der Waals surface area contributed by atoms with E-state index in [0.717, 1.165) is 85.8 Å². The highest BCUT2D eigenvalue weighted by molar-refractivity contribution is 5.98. The van der Waals surface area contributed by atoms with Crippen molar-refractivity contribution >= 4 is 22.9 Å². The second-order valence-electron chi connectivity index (χ2n) is 12.3. The molecular formula is C32H39N7O3. The lowest BCUT2D eigenvalue weighted by Gasteiger charge is -2.33. The fraction of sp³-hybridized carbons (Fsp3) is 0.438. The number of benzene rings is 2. The average Bonchev–Trinajstić information content (AvgIpc) is 3.60. The Morgan fingerprint density at radius 3 is 2.38 bits per heavy atom. The number of ether oxygens (including phenoxy) is 2. The lowest BCUT2D eigenvalue weighted by Crippen LogP contribution is -2.39. The van der Waals surface area contributed by atoms with Gasteiger partial charge in [-0.1, -0.05) is 18.2 Å². The predicted octanol–water partition coefficient (Wildman–Crippen LogP) is 5.76. The summed E-state index contributed by atoms with van der Waals surface area (Å²) in [7, 11) is 0. The smallest absolute Gasteiger partial charge is 0.410 e. The zero-order valence-corrected chi connectivity index (χ0v) is 24.6. The molecule has 0 radical (unpaired) electrons. The van der Waals surface area contributed by atoms with Crippen LogP contribution in [0, 0.1) is 5.92 Å². The molecule has 2 aliphatic heterocycles. The van der Waals surface area contributed by atoms with E-state index in [1.165, 1.54) is 6.33 Å². The Morgan fingerprint density at radius 2 is 1.67 bits per heavy atom. The molecule has 0 saturated carbocycles. The molecule has 1 atom stereocenters. The Balaban J connectivity index is 1.12. The molecule has 2 fully saturated rings. The summed E-state index contributed by atoms with van der Waals surface area (Å²) >= 11 is 0. The van der Waals surface area contributed by atoms with E-state index in [2.05, 4.69) is 14.9 Å². The van der Waals surface area contributed by atoms with E-state index in [-0.39, 0.29) is 12.1 Å². The SMILES string of the molecule is CC(C)(C)OC(=O)N1CCC(CN2CCC(n3nc(-c4ccc(Oc5ccccc5)cc4)c4c(N)ncnc43)CC2)C1. The molecule has 0 spiro atoms. The Labute approximate surface area is 246 Å². The minimum atomic E-state index is -0.469. The molecule has 4 aromatic rings. The van der Waals surface area contributed by atoms with Crippen LogP contribution >= 0.6 is 0 Å². The maximum absolute atomic E-state index is 12.5. The molecule has 1 unspecified atom stereocenters. The number of rotatable bonds is 6. The van der Waals surface area contributed by atoms with Gasteiger partial charge in [-0.05, 0) is 82.3 Å². The Bertz CT molecular complexity index is 1520. The molecule has 1 amide bonds. The summed E-state index contributed by atoms with van der Waals surface area (Å²) in [6.45, 7) is 10.2. The first-order valence-electron chi connectivity index (χ1n) is 14.8. The molecule has 42 heavy (non-hydrogen) atoms. The lowest BCUT2D eigenvalue weighted by atomic mass is 10.0. The van der Waals surface area contributed by atoms with Crippen molar-refractivity contribution in [1.82, 2.24) is 29.5 Å². The number of likely N-dealkylation sites (tertiary alicyclic amines) is 2. The molecular weight excluding hydrogens is 530 g/mol. The second kappa shape index (κ2) is 11.6. The van der Waals surface area contributed by atoms with Crippen molar-refractivity contribution < 1.29 is 14.3 Å². The zero-order chi connectivity index (χ0) is 29.3. The van der Waals surface area contributed by atoms with Crippen LogP contribution in [0.25, 0.3) is 22.3 Å². The molecule has 2 aliphatic rings. The minimum absolute atomic E-state index is 0.204. The standard InChI is InChI=1S/C32H39N7O3/c1-32(2,3)42-31(40)38-18-13-22(20-38)19-37-16-14-24(15-17-37)39-30-27(29(33)34-21-35-30)28(36-39)23-9-11-26(12-10-23)41-25-7-5-4-6-8-25/h4-12,21-22,24H,13-20H2,1-3H3,(H2,33,34,35). The van der Waals surface area contributed by atoms with Crippen LogP contribution in [0.1, 0.15) is 46.1 Å². The third kappa shape index (κ3) is 6.18. The quantitative estimate of drug-likeness (QED) is 0.312. The van der Waals surface area contributed by atoms with Gasteiger partial charge in [0.2, 0.25) is 0 Å². The summed E-state index contributed by atoms with van der Waals surface area (Å²) in [5, 5.41) is 5.84. The Morgan fingerprint density at radius 1 is 0.952 bits per heavy atom. The molecule has 220 valence electrons. The van der Waals surface area contributed by atoms with E-state index in [0.29, 0.717) is 11.7 Å². The maximum Gasteiger partial charge on any atom is 0.410 e. The number of aromatic nitrogens is 4. The summed E-state index contributed by atoms with van der Waals surface area (Å²) in [4.78, 5) is 25.7. The summed E-state index contributed by atoms with van der Waals surface area (Å²) in [6.07, 6.45) is 4.25. The first-order chi connectivity index (χ1) is 20.2. The van der Waals surface area contributed by atoms with E-state index < -0.39 is 5.60 Å². The van der Waals surface area contributed by atoms with E-state index in [1.807, 2.05) is 85.0 Å². The van der Waals surface area contributed by atoms with E-state index >= 15 is 0 Å². The van der Waals surface area contributed by atoms with Gasteiger partial charge in [0.15, 0.2) is 5.65 Å². The number of anilines is 1. The topological polar surface area (TPSA) is 112 Å². The fourth-order valence-electron chi connectivity index (χ4n) is 5.94. The van der Waals surface area contributed by atoms with Crippen molar-refractivity contribution in [2.24, 2.45) is 5.92 Å². The number of piperidine rings is 1. The minimum Gasteiger partial charge on any atom is -0.457 e. The van der Waals surface area contributed by atoms with Gasteiger partial charge < -0.3 is 25.0 Å². The third-order valence-corrected chi connectivity index (χ3v) is 7.98. The monoisotopic (exact) mass is 569 g/mol. The van der Waals surface area contributed by atoms with Crippen molar-refractivity contribution in [1.29, 1.82) is 0 Å². The third-order valence-electron chi connectivity index (χ3n) is 7.98. The molecule has 0 aliphatic carbocycles. The van der Waals surface area contributed by atoms with Crippen LogP contribution in [0.5, 0.6) is 11.5 Å². The van der Waals surface area contributed by atoms with Gasteiger partial charge in [-0.3, -0.25) is 0 Å². The van der Waals surface area contributed by atoms with Crippen molar-refractivity contribution in [3.63, 3.8) is 0 Å². The second-order valence-corrected chi connectivity index (χ2v) is 12.3. The van der Waals surface area contributed by atoms with Gasteiger partial charge in [-0.15, -0.1) is 0 Å². The molecule has 10 nitrogen and oxygen atoms in total. The number of para-hydroxylation sites is 1. The number of nitrogens with zero attached hydrogens (tertiary/aromatic N) is 6. The van der Waals surface area contributed by atoms with Crippen molar-refractivity contribution in [3.8, 4) is 22.8 Å². The number of amides is 1. The molecule has 2 aromatic heterocycles. The Hall–Kier alpha value is -4.18. The fourth-order valence-corrected chi connectivity index (χ4v) is 5.94. The van der Waals surface area contributed by atoms with Crippen LogP contribution in [0.2, 0.25) is 0 Å². The summed E-state index contributed by atoms with van der Waals surface area (Å²) in [5.74, 6) is 2.44. The number of nitrogen functional groups attached to an aromatic ring is 1. The molecule has 4 heterocycles. The largest absolute Gasteiger partial charge is 0.457 e. The van der Waals surface area contributed by atoms with Gasteiger partial charge in [0.25, 0.3) is 0 Å². The molecule has 10 heteroatoms. The molecule has 0 bridgehead atoms. The van der Waals surface area contributed by atoms with Crippen LogP contribution in [-0.4, -0.2) is 74.0 Å². The van der Waals surface area contributed by atoms with Gasteiger partial charge in [-0.25, -0.2) is 19.4 Å². The van der Waals surface area contributed by atoms with Gasteiger partial charge in [-0.2, -0.15) is 5.10 Å². The van der Waals surface area contributed by atoms with Crippen molar-refractivity contribution in [2.75, 3.05) is 38.5 Å². The zero-order valence-electron chi connectivity index (χ0n) is 24.6. The molecule has 2 saturated heterocycles. The number of carbonyl (C=O) groups excluding carboxylic acids is 1. The summed E-state index contributed by atoms with van der Waals surface area (Å²) in [6, 6.07) is 17.8. The summed E-state index contributed by atoms with van der Waals surface area (Å²) in [5.41, 5.74) is 8.39. The predicted molar refractivity (Wildman–Crippen MR) is 162 cm³/mol. The van der Waals surface area contributed by atoms with Crippen LogP contribution in [0.4, 0.5) is 10.6 Å². The number of hydrogen-bond acceptors (Lipinski definition) is 8. The number of nitrogens with two attached hydrogens (primary N) is 1. The van der Waals surface area contributed by atoms with Crippen molar-refractivity contribution in [3.05, 3.63) is 60.9 Å². The van der Waals surface area contributed by atoms with Crippen LogP contribution in [0.3, 0.4) is 0 Å². The van der Waals surface area contributed by atoms with Crippen LogP contribution in [-0.2, 0) is 4.74 Å². The first-order valence-corrected chi connectivity index (χ1v) is 14.8.